The Labute approximate surface area is 108 Å². The molecule has 18 heavy (non-hydrogen) atoms. The molecule has 0 bridgehead atoms. The molecule has 1 aromatic carbocycles. The van der Waals surface area contributed by atoms with Crippen LogP contribution in [0, 0.1) is 0 Å². The molecule has 0 atom stereocenters. The predicted octanol–water partition coefficient (Wildman–Crippen LogP) is 1.92. The summed E-state index contributed by atoms with van der Waals surface area (Å²) in [5, 5.41) is 2.87. The van der Waals surface area contributed by atoms with Gasteiger partial charge < -0.3 is 10.2 Å². The van der Waals surface area contributed by atoms with Crippen LogP contribution in [0.3, 0.4) is 0 Å². The average molecular weight is 248 g/mol. The fourth-order valence-corrected chi connectivity index (χ4v) is 1.46. The largest absolute Gasteiger partial charge is 0.347 e. The van der Waals surface area contributed by atoms with Crippen LogP contribution in [-0.4, -0.2) is 36.3 Å². The Morgan fingerprint density at radius 3 is 2.17 bits per heavy atom. The van der Waals surface area contributed by atoms with Crippen LogP contribution in [0.25, 0.3) is 0 Å². The van der Waals surface area contributed by atoms with Crippen LogP contribution in [0.4, 0.5) is 0 Å². The smallest absolute Gasteiger partial charge is 0.253 e. The maximum Gasteiger partial charge on any atom is 0.253 e. The van der Waals surface area contributed by atoms with Gasteiger partial charge in [0.2, 0.25) is 0 Å². The van der Waals surface area contributed by atoms with Crippen molar-refractivity contribution < 1.29 is 9.59 Å². The van der Waals surface area contributed by atoms with Gasteiger partial charge in [-0.15, -0.1) is 0 Å². The van der Waals surface area contributed by atoms with Crippen molar-refractivity contribution in [2.75, 3.05) is 14.1 Å². The Hall–Kier alpha value is -1.84. The molecule has 98 valence electrons. The van der Waals surface area contributed by atoms with Crippen molar-refractivity contribution in [3.8, 4) is 0 Å². The second-order valence-corrected chi connectivity index (χ2v) is 5.48. The first kappa shape index (κ1) is 14.2. The van der Waals surface area contributed by atoms with E-state index in [0.717, 1.165) is 0 Å². The number of rotatable bonds is 2. The molecule has 0 saturated heterocycles. The Bertz CT molecular complexity index is 459. The minimum absolute atomic E-state index is 0.111. The van der Waals surface area contributed by atoms with Crippen molar-refractivity contribution in [3.63, 3.8) is 0 Å². The summed E-state index contributed by atoms with van der Waals surface area (Å²) >= 11 is 0. The highest BCUT2D eigenvalue weighted by molar-refractivity contribution is 5.99. The lowest BCUT2D eigenvalue weighted by Gasteiger charge is -2.20. The van der Waals surface area contributed by atoms with Gasteiger partial charge in [0.05, 0.1) is 0 Å². The summed E-state index contributed by atoms with van der Waals surface area (Å²) in [4.78, 5) is 25.3. The molecule has 0 aliphatic rings. The summed E-state index contributed by atoms with van der Waals surface area (Å²) in [7, 11) is 3.37. The number of carbonyl (C=O) groups excluding carboxylic acids is 2. The SMILES string of the molecule is CN(C)C(=O)c1cccc(C(=O)NC(C)(C)C)c1. The summed E-state index contributed by atoms with van der Waals surface area (Å²) in [6, 6.07) is 6.74. The molecule has 4 heteroatoms. The Kier molecular flexibility index (Phi) is 4.11. The van der Waals surface area contributed by atoms with Crippen molar-refractivity contribution in [2.24, 2.45) is 0 Å². The zero-order chi connectivity index (χ0) is 13.9. The van der Waals surface area contributed by atoms with Gasteiger partial charge in [0.25, 0.3) is 11.8 Å². The summed E-state index contributed by atoms with van der Waals surface area (Å²) in [6.07, 6.45) is 0. The molecule has 0 spiro atoms. The summed E-state index contributed by atoms with van der Waals surface area (Å²) in [5.41, 5.74) is 0.720. The van der Waals surface area contributed by atoms with Crippen LogP contribution in [-0.2, 0) is 0 Å². The Balaban J connectivity index is 2.96. The van der Waals surface area contributed by atoms with Gasteiger partial charge in [-0.05, 0) is 39.0 Å². The second kappa shape index (κ2) is 5.21. The molecule has 2 amide bonds. The number of hydrogen-bond donors (Lipinski definition) is 1. The standard InChI is InChI=1S/C14H20N2O2/c1-14(2,3)15-12(17)10-7-6-8-11(9-10)13(18)16(4)5/h6-9H,1-5H3,(H,15,17). The first-order valence-electron chi connectivity index (χ1n) is 5.85. The van der Waals surface area contributed by atoms with Crippen LogP contribution in [0.2, 0.25) is 0 Å². The number of amides is 2. The van der Waals surface area contributed by atoms with E-state index in [-0.39, 0.29) is 17.4 Å². The van der Waals surface area contributed by atoms with Crippen LogP contribution in [0.5, 0.6) is 0 Å². The molecule has 4 nitrogen and oxygen atoms in total. The molecular weight excluding hydrogens is 228 g/mol. The third-order valence-electron chi connectivity index (χ3n) is 2.27. The van der Waals surface area contributed by atoms with E-state index < -0.39 is 0 Å². The number of nitrogens with zero attached hydrogens (tertiary/aromatic N) is 1. The van der Waals surface area contributed by atoms with E-state index in [2.05, 4.69) is 5.32 Å². The lowest BCUT2D eigenvalue weighted by molar-refractivity contribution is 0.0827. The van der Waals surface area contributed by atoms with Crippen LogP contribution >= 0.6 is 0 Å². The van der Waals surface area contributed by atoms with E-state index in [0.29, 0.717) is 11.1 Å². The molecule has 0 aliphatic carbocycles. The normalized spacial score (nSPS) is 10.9. The minimum Gasteiger partial charge on any atom is -0.347 e. The molecule has 0 heterocycles. The molecule has 0 fully saturated rings. The van der Waals surface area contributed by atoms with Gasteiger partial charge in [-0.25, -0.2) is 0 Å². The number of nitrogens with one attached hydrogen (secondary N) is 1. The quantitative estimate of drug-likeness (QED) is 0.869. The van der Waals surface area contributed by atoms with E-state index in [1.807, 2.05) is 20.8 Å². The zero-order valence-corrected chi connectivity index (χ0v) is 11.6. The van der Waals surface area contributed by atoms with Crippen LogP contribution in [0.15, 0.2) is 24.3 Å². The first-order chi connectivity index (χ1) is 8.20. The monoisotopic (exact) mass is 248 g/mol. The van der Waals surface area contributed by atoms with Crippen LogP contribution < -0.4 is 5.32 Å². The second-order valence-electron chi connectivity index (χ2n) is 5.48. The van der Waals surface area contributed by atoms with E-state index in [1.54, 1.807) is 38.4 Å². The topological polar surface area (TPSA) is 49.4 Å². The number of carbonyl (C=O) groups is 2. The van der Waals surface area contributed by atoms with E-state index in [1.165, 1.54) is 4.90 Å². The third kappa shape index (κ3) is 3.87. The fraction of sp³-hybridized carbons (Fsp3) is 0.429. The Morgan fingerprint density at radius 2 is 1.67 bits per heavy atom. The van der Waals surface area contributed by atoms with Gasteiger partial charge in [0, 0.05) is 30.8 Å². The van der Waals surface area contributed by atoms with Crippen molar-refractivity contribution in [2.45, 2.75) is 26.3 Å². The molecule has 1 N–H and O–H groups in total. The molecular formula is C14H20N2O2. The third-order valence-corrected chi connectivity index (χ3v) is 2.27. The lowest BCUT2D eigenvalue weighted by Crippen LogP contribution is -2.40. The van der Waals surface area contributed by atoms with Crippen LogP contribution in [0.1, 0.15) is 41.5 Å². The summed E-state index contributed by atoms with van der Waals surface area (Å²) in [6.45, 7) is 5.75. The lowest BCUT2D eigenvalue weighted by atomic mass is 10.1. The average Bonchev–Trinajstić information content (AvgIpc) is 2.25. The molecule has 0 saturated carbocycles. The first-order valence-corrected chi connectivity index (χ1v) is 5.85. The fourth-order valence-electron chi connectivity index (χ4n) is 1.46. The number of benzene rings is 1. The summed E-state index contributed by atoms with van der Waals surface area (Å²) < 4.78 is 0. The molecule has 0 unspecified atom stereocenters. The molecule has 1 aromatic rings. The maximum atomic E-state index is 12.0. The molecule has 0 aromatic heterocycles. The van der Waals surface area contributed by atoms with Gasteiger partial charge in [-0.2, -0.15) is 0 Å². The number of hydrogen-bond acceptors (Lipinski definition) is 2. The highest BCUT2D eigenvalue weighted by Gasteiger charge is 2.16. The van der Waals surface area contributed by atoms with Crippen molar-refractivity contribution in [1.82, 2.24) is 10.2 Å². The zero-order valence-electron chi connectivity index (χ0n) is 11.6. The maximum absolute atomic E-state index is 12.0. The van der Waals surface area contributed by atoms with Gasteiger partial charge in [-0.1, -0.05) is 6.07 Å². The van der Waals surface area contributed by atoms with Gasteiger partial charge in [0.1, 0.15) is 0 Å². The van der Waals surface area contributed by atoms with Crippen molar-refractivity contribution in [3.05, 3.63) is 35.4 Å². The van der Waals surface area contributed by atoms with Gasteiger partial charge in [0.15, 0.2) is 0 Å². The molecule has 0 aliphatic heterocycles. The van der Waals surface area contributed by atoms with E-state index in [9.17, 15) is 9.59 Å². The molecule has 1 rings (SSSR count). The van der Waals surface area contributed by atoms with Gasteiger partial charge >= 0.3 is 0 Å². The highest BCUT2D eigenvalue weighted by atomic mass is 16.2. The van der Waals surface area contributed by atoms with Crippen molar-refractivity contribution in [1.29, 1.82) is 0 Å². The van der Waals surface area contributed by atoms with E-state index in [4.69, 9.17) is 0 Å². The predicted molar refractivity (Wildman–Crippen MR) is 71.7 cm³/mol. The minimum atomic E-state index is -0.293. The Morgan fingerprint density at radius 1 is 1.11 bits per heavy atom. The van der Waals surface area contributed by atoms with E-state index >= 15 is 0 Å². The summed E-state index contributed by atoms with van der Waals surface area (Å²) in [5.74, 6) is -0.281. The van der Waals surface area contributed by atoms with Crippen molar-refractivity contribution >= 4 is 11.8 Å². The highest BCUT2D eigenvalue weighted by Crippen LogP contribution is 2.09. The van der Waals surface area contributed by atoms with Gasteiger partial charge in [-0.3, -0.25) is 9.59 Å². The molecule has 0 radical (unpaired) electrons.